The van der Waals surface area contributed by atoms with E-state index in [0.29, 0.717) is 10.2 Å². The number of aliphatic hydroxyl groups excluding tert-OH is 1. The smallest absolute Gasteiger partial charge is 0.271 e. The van der Waals surface area contributed by atoms with E-state index in [9.17, 15) is 20.4 Å². The SMILES string of the molecule is CC(=N)/C=C(\O)c1nc2ccc([N+](=O)[O-])cc2n1O. The number of aliphatic hydroxyl groups is 1. The van der Waals surface area contributed by atoms with Crippen LogP contribution in [0.4, 0.5) is 5.69 Å². The van der Waals surface area contributed by atoms with Crippen molar-refractivity contribution in [3.05, 3.63) is 40.2 Å². The van der Waals surface area contributed by atoms with Gasteiger partial charge < -0.3 is 15.7 Å². The van der Waals surface area contributed by atoms with Crippen LogP contribution in [0.1, 0.15) is 12.7 Å². The summed E-state index contributed by atoms with van der Waals surface area (Å²) in [7, 11) is 0. The van der Waals surface area contributed by atoms with Crippen molar-refractivity contribution < 1.29 is 15.2 Å². The second-order valence-electron chi connectivity index (χ2n) is 3.89. The van der Waals surface area contributed by atoms with Crippen LogP contribution in [0.15, 0.2) is 24.3 Å². The summed E-state index contributed by atoms with van der Waals surface area (Å²) in [6, 6.07) is 3.77. The summed E-state index contributed by atoms with van der Waals surface area (Å²) in [5.74, 6) is -0.573. The second kappa shape index (κ2) is 4.41. The van der Waals surface area contributed by atoms with E-state index in [4.69, 9.17) is 5.41 Å². The van der Waals surface area contributed by atoms with Gasteiger partial charge in [0.1, 0.15) is 5.52 Å². The van der Waals surface area contributed by atoms with Gasteiger partial charge in [-0.25, -0.2) is 4.98 Å². The molecule has 1 aromatic heterocycles. The normalized spacial score (nSPS) is 11.7. The van der Waals surface area contributed by atoms with E-state index >= 15 is 0 Å². The quantitative estimate of drug-likeness (QED) is 0.257. The Labute approximate surface area is 106 Å². The third-order valence-electron chi connectivity index (χ3n) is 2.41. The van der Waals surface area contributed by atoms with Gasteiger partial charge in [0.2, 0.25) is 5.82 Å². The number of nitro benzene ring substituents is 1. The minimum Gasteiger partial charge on any atom is -0.504 e. The van der Waals surface area contributed by atoms with Gasteiger partial charge in [0.05, 0.1) is 10.4 Å². The number of hydrogen-bond donors (Lipinski definition) is 3. The van der Waals surface area contributed by atoms with Gasteiger partial charge in [-0.1, -0.05) is 0 Å². The summed E-state index contributed by atoms with van der Waals surface area (Å²) in [6.07, 6.45) is 1.11. The highest BCUT2D eigenvalue weighted by Gasteiger charge is 2.16. The molecule has 8 heteroatoms. The fourth-order valence-electron chi connectivity index (χ4n) is 1.60. The maximum atomic E-state index is 10.6. The molecule has 1 heterocycles. The van der Waals surface area contributed by atoms with Crippen LogP contribution in [0.5, 0.6) is 0 Å². The van der Waals surface area contributed by atoms with Gasteiger partial charge in [-0.2, -0.15) is 4.73 Å². The van der Waals surface area contributed by atoms with Crippen LogP contribution < -0.4 is 0 Å². The molecular weight excluding hydrogens is 252 g/mol. The van der Waals surface area contributed by atoms with Crippen LogP contribution in [-0.4, -0.2) is 30.7 Å². The van der Waals surface area contributed by atoms with Crippen molar-refractivity contribution in [3.8, 4) is 0 Å². The van der Waals surface area contributed by atoms with E-state index in [1.54, 1.807) is 0 Å². The Morgan fingerprint density at radius 3 is 2.84 bits per heavy atom. The number of allylic oxidation sites excluding steroid dienone is 1. The summed E-state index contributed by atoms with van der Waals surface area (Å²) in [5.41, 5.74) is 0.286. The molecule has 8 nitrogen and oxygen atoms in total. The number of hydrogen-bond acceptors (Lipinski definition) is 6. The van der Waals surface area contributed by atoms with Gasteiger partial charge in [-0.3, -0.25) is 10.1 Å². The Kier molecular flexibility index (Phi) is 2.91. The molecule has 0 spiro atoms. The average molecular weight is 262 g/mol. The summed E-state index contributed by atoms with van der Waals surface area (Å²) in [5, 5.41) is 37.4. The number of nitro groups is 1. The third-order valence-corrected chi connectivity index (χ3v) is 2.41. The van der Waals surface area contributed by atoms with Gasteiger partial charge in [0.25, 0.3) is 5.69 Å². The van der Waals surface area contributed by atoms with Crippen molar-refractivity contribution in [1.82, 2.24) is 9.71 Å². The van der Waals surface area contributed by atoms with E-state index in [-0.39, 0.29) is 22.7 Å². The fraction of sp³-hybridized carbons (Fsp3) is 0.0909. The largest absolute Gasteiger partial charge is 0.504 e. The lowest BCUT2D eigenvalue weighted by atomic mass is 10.3. The first-order valence-electron chi connectivity index (χ1n) is 5.22. The first kappa shape index (κ1) is 12.6. The number of nitrogens with one attached hydrogen (secondary N) is 1. The number of non-ortho nitro benzene ring substituents is 1. The zero-order valence-corrected chi connectivity index (χ0v) is 9.86. The molecule has 0 atom stereocenters. The molecule has 2 rings (SSSR count). The summed E-state index contributed by atoms with van der Waals surface area (Å²) in [6.45, 7) is 1.45. The number of aromatic nitrogens is 2. The topological polar surface area (TPSA) is 125 Å². The molecule has 0 aliphatic carbocycles. The second-order valence-corrected chi connectivity index (χ2v) is 3.89. The number of imidazole rings is 1. The molecule has 1 aromatic carbocycles. The lowest BCUT2D eigenvalue weighted by molar-refractivity contribution is -0.384. The van der Waals surface area contributed by atoms with Gasteiger partial charge in [0, 0.05) is 23.9 Å². The van der Waals surface area contributed by atoms with E-state index in [1.807, 2.05) is 0 Å². The molecule has 0 bridgehead atoms. The van der Waals surface area contributed by atoms with Gasteiger partial charge >= 0.3 is 0 Å². The fourth-order valence-corrected chi connectivity index (χ4v) is 1.60. The monoisotopic (exact) mass is 262 g/mol. The minimum atomic E-state index is -0.594. The number of nitrogens with zero attached hydrogens (tertiary/aromatic N) is 3. The predicted octanol–water partition coefficient (Wildman–Crippen LogP) is 2.12. The molecule has 0 fully saturated rings. The Bertz CT molecular complexity index is 717. The van der Waals surface area contributed by atoms with E-state index < -0.39 is 10.7 Å². The molecule has 0 unspecified atom stereocenters. The summed E-state index contributed by atoms with van der Waals surface area (Å²) >= 11 is 0. The van der Waals surface area contributed by atoms with E-state index in [2.05, 4.69) is 4.98 Å². The molecule has 2 aromatic rings. The standard InChI is InChI=1S/C11H10N4O4/c1-6(12)4-10(16)11-13-8-3-2-7(15(18)19)5-9(8)14(11)17/h2-5,12,16-17H,1H3/b10-4-,12-6?. The molecule has 0 saturated carbocycles. The molecule has 0 aliphatic rings. The highest BCUT2D eigenvalue weighted by Crippen LogP contribution is 2.23. The molecule has 3 N–H and O–H groups in total. The molecule has 0 radical (unpaired) electrons. The van der Waals surface area contributed by atoms with Crippen LogP contribution >= 0.6 is 0 Å². The Morgan fingerprint density at radius 1 is 1.58 bits per heavy atom. The van der Waals surface area contributed by atoms with Crippen molar-refractivity contribution in [3.63, 3.8) is 0 Å². The first-order valence-corrected chi connectivity index (χ1v) is 5.22. The van der Waals surface area contributed by atoms with Crippen LogP contribution in [-0.2, 0) is 0 Å². The highest BCUT2D eigenvalue weighted by atomic mass is 16.6. The number of rotatable bonds is 3. The van der Waals surface area contributed by atoms with Gasteiger partial charge in [-0.05, 0) is 13.0 Å². The Balaban J connectivity index is 2.63. The van der Waals surface area contributed by atoms with E-state index in [1.165, 1.54) is 19.1 Å². The molecular formula is C11H10N4O4. The van der Waals surface area contributed by atoms with Crippen LogP contribution in [0.2, 0.25) is 0 Å². The Hall–Kier alpha value is -2.90. The molecule has 0 saturated heterocycles. The lowest BCUT2D eigenvalue weighted by Gasteiger charge is -1.99. The van der Waals surface area contributed by atoms with Crippen LogP contribution in [0, 0.1) is 15.5 Å². The molecule has 19 heavy (non-hydrogen) atoms. The highest BCUT2D eigenvalue weighted by molar-refractivity contribution is 5.95. The molecule has 0 aliphatic heterocycles. The maximum absolute atomic E-state index is 10.6. The van der Waals surface area contributed by atoms with Crippen LogP contribution in [0.25, 0.3) is 16.8 Å². The maximum Gasteiger partial charge on any atom is 0.271 e. The third kappa shape index (κ3) is 2.23. The molecule has 98 valence electrons. The van der Waals surface area contributed by atoms with Crippen LogP contribution in [0.3, 0.4) is 0 Å². The van der Waals surface area contributed by atoms with Crippen molar-refractivity contribution in [2.75, 3.05) is 0 Å². The van der Waals surface area contributed by atoms with Crippen molar-refractivity contribution in [2.24, 2.45) is 0 Å². The average Bonchev–Trinajstić information content (AvgIpc) is 2.65. The number of fused-ring (bicyclic) bond motifs is 1. The minimum absolute atomic E-state index is 0.0792. The first-order chi connectivity index (χ1) is 8.90. The predicted molar refractivity (Wildman–Crippen MR) is 67.6 cm³/mol. The van der Waals surface area contributed by atoms with Crippen molar-refractivity contribution in [2.45, 2.75) is 6.92 Å². The summed E-state index contributed by atoms with van der Waals surface area (Å²) in [4.78, 5) is 14.0. The number of benzene rings is 1. The summed E-state index contributed by atoms with van der Waals surface area (Å²) < 4.78 is 0.553. The Morgan fingerprint density at radius 2 is 2.26 bits per heavy atom. The van der Waals surface area contributed by atoms with Gasteiger partial charge in [0.15, 0.2) is 5.76 Å². The molecule has 0 amide bonds. The van der Waals surface area contributed by atoms with E-state index in [0.717, 1.165) is 12.1 Å². The van der Waals surface area contributed by atoms with Crippen molar-refractivity contribution in [1.29, 1.82) is 5.41 Å². The lowest BCUT2D eigenvalue weighted by Crippen LogP contribution is -1.99. The zero-order valence-electron chi connectivity index (χ0n) is 9.86. The van der Waals surface area contributed by atoms with Gasteiger partial charge in [-0.15, -0.1) is 0 Å². The van der Waals surface area contributed by atoms with Crippen molar-refractivity contribution >= 4 is 28.2 Å². The zero-order chi connectivity index (χ0) is 14.2.